The van der Waals surface area contributed by atoms with Crippen LogP contribution < -0.4 is 9.47 Å². The van der Waals surface area contributed by atoms with E-state index in [0.717, 1.165) is 28.9 Å². The van der Waals surface area contributed by atoms with Gasteiger partial charge in [-0.1, -0.05) is 36.4 Å². The number of carboxylic acids is 1. The van der Waals surface area contributed by atoms with Crippen LogP contribution in [0.3, 0.4) is 0 Å². The lowest BCUT2D eigenvalue weighted by Crippen LogP contribution is -2.50. The van der Waals surface area contributed by atoms with Gasteiger partial charge in [0.1, 0.15) is 18.1 Å². The Morgan fingerprint density at radius 3 is 2.17 bits per heavy atom. The molecule has 1 aliphatic rings. The third kappa shape index (κ3) is 4.13. The fourth-order valence-electron chi connectivity index (χ4n) is 3.43. The number of carbonyl (C=O) groups is 1. The highest BCUT2D eigenvalue weighted by molar-refractivity contribution is 5.79. The van der Waals surface area contributed by atoms with Gasteiger partial charge >= 0.3 is 5.97 Å². The lowest BCUT2D eigenvalue weighted by atomic mass is 9.80. The van der Waals surface area contributed by atoms with Crippen LogP contribution in [-0.2, 0) is 11.4 Å². The lowest BCUT2D eigenvalue weighted by Gasteiger charge is -2.37. The first kappa shape index (κ1) is 19.5. The van der Waals surface area contributed by atoms with Gasteiger partial charge in [-0.05, 0) is 72.4 Å². The smallest absolute Gasteiger partial charge is 0.348 e. The van der Waals surface area contributed by atoms with Crippen LogP contribution in [0.25, 0.3) is 11.1 Å². The minimum atomic E-state index is -1.09. The highest BCUT2D eigenvalue weighted by atomic mass is 16.5. The van der Waals surface area contributed by atoms with Crippen molar-refractivity contribution in [3.8, 4) is 28.7 Å². The quantitative estimate of drug-likeness (QED) is 0.591. The van der Waals surface area contributed by atoms with E-state index in [1.54, 1.807) is 18.2 Å². The molecule has 0 saturated heterocycles. The van der Waals surface area contributed by atoms with Gasteiger partial charge in [-0.3, -0.25) is 0 Å². The van der Waals surface area contributed by atoms with Gasteiger partial charge in [-0.15, -0.1) is 0 Å². The largest absolute Gasteiger partial charge is 0.489 e. The first-order valence-electron chi connectivity index (χ1n) is 9.83. The fraction of sp³-hybridized carbons (Fsp3) is 0.200. The number of hydrogen-bond acceptors (Lipinski definition) is 4. The van der Waals surface area contributed by atoms with Gasteiger partial charge in [-0.2, -0.15) is 5.26 Å². The molecule has 0 aliphatic heterocycles. The van der Waals surface area contributed by atoms with Crippen molar-refractivity contribution in [2.24, 2.45) is 0 Å². The van der Waals surface area contributed by atoms with E-state index in [2.05, 4.69) is 6.07 Å². The molecule has 5 nitrogen and oxygen atoms in total. The Morgan fingerprint density at radius 1 is 0.967 bits per heavy atom. The normalized spacial score (nSPS) is 14.2. The zero-order chi connectivity index (χ0) is 21.0. The summed E-state index contributed by atoms with van der Waals surface area (Å²) in [7, 11) is 0. The fourth-order valence-corrected chi connectivity index (χ4v) is 3.43. The molecular formula is C25H21NO4. The summed E-state index contributed by atoms with van der Waals surface area (Å²) in [5.74, 6) is 0.375. The third-order valence-electron chi connectivity index (χ3n) is 5.35. The number of hydrogen-bond donors (Lipinski definition) is 1. The number of nitrogens with zero attached hydrogens (tertiary/aromatic N) is 1. The van der Waals surface area contributed by atoms with E-state index in [4.69, 9.17) is 14.7 Å². The highest BCUT2D eigenvalue weighted by Crippen LogP contribution is 2.38. The summed E-state index contributed by atoms with van der Waals surface area (Å²) in [6.45, 7) is 0.402. The van der Waals surface area contributed by atoms with Crippen LogP contribution >= 0.6 is 0 Å². The number of nitriles is 1. The second-order valence-corrected chi connectivity index (χ2v) is 7.41. The first-order valence-corrected chi connectivity index (χ1v) is 9.83. The molecule has 0 bridgehead atoms. The van der Waals surface area contributed by atoms with Crippen molar-refractivity contribution in [1.29, 1.82) is 5.26 Å². The van der Waals surface area contributed by atoms with Crippen molar-refractivity contribution in [1.82, 2.24) is 0 Å². The molecule has 0 amide bonds. The standard InChI is InChI=1S/C25H21NO4/c26-16-18-8-10-19(11-9-18)17-29-22-6-1-4-20(14-22)21-5-2-7-23(15-21)30-25(24(27)28)12-3-13-25/h1-2,4-11,14-15H,3,12-13,17H2,(H,27,28). The van der Waals surface area contributed by atoms with Gasteiger partial charge in [-0.25, -0.2) is 4.79 Å². The van der Waals surface area contributed by atoms with Gasteiger partial charge in [0.15, 0.2) is 0 Å². The molecule has 1 N–H and O–H groups in total. The Morgan fingerprint density at radius 2 is 1.60 bits per heavy atom. The van der Waals surface area contributed by atoms with Gasteiger partial charge in [0.2, 0.25) is 5.60 Å². The van der Waals surface area contributed by atoms with Crippen LogP contribution in [-0.4, -0.2) is 16.7 Å². The molecule has 30 heavy (non-hydrogen) atoms. The minimum absolute atomic E-state index is 0.402. The molecular weight excluding hydrogens is 378 g/mol. The van der Waals surface area contributed by atoms with Crippen LogP contribution in [0.4, 0.5) is 0 Å². The van der Waals surface area contributed by atoms with Crippen molar-refractivity contribution >= 4 is 5.97 Å². The molecule has 0 radical (unpaired) electrons. The molecule has 3 aromatic carbocycles. The molecule has 1 fully saturated rings. The molecule has 0 aromatic heterocycles. The predicted octanol–water partition coefficient (Wildman–Crippen LogP) is 5.19. The molecule has 0 spiro atoms. The van der Waals surface area contributed by atoms with Crippen LogP contribution in [0.15, 0.2) is 72.8 Å². The lowest BCUT2D eigenvalue weighted by molar-refractivity contribution is -0.163. The van der Waals surface area contributed by atoms with Crippen molar-refractivity contribution in [2.45, 2.75) is 31.5 Å². The number of rotatable bonds is 7. The molecule has 1 saturated carbocycles. The third-order valence-corrected chi connectivity index (χ3v) is 5.35. The Hall–Kier alpha value is -3.78. The van der Waals surface area contributed by atoms with E-state index in [9.17, 15) is 9.90 Å². The second-order valence-electron chi connectivity index (χ2n) is 7.41. The average molecular weight is 399 g/mol. The van der Waals surface area contributed by atoms with Crippen molar-refractivity contribution in [2.75, 3.05) is 0 Å². The SMILES string of the molecule is N#Cc1ccc(COc2cccc(-c3cccc(OC4(C(=O)O)CCC4)c3)c2)cc1. The molecule has 150 valence electrons. The van der Waals surface area contributed by atoms with E-state index in [1.165, 1.54) is 0 Å². The number of aliphatic carboxylic acids is 1. The average Bonchev–Trinajstić information content (AvgIpc) is 2.75. The molecule has 0 atom stereocenters. The van der Waals surface area contributed by atoms with Gasteiger partial charge in [0.05, 0.1) is 11.6 Å². The summed E-state index contributed by atoms with van der Waals surface area (Å²) in [4.78, 5) is 11.6. The number of ether oxygens (including phenoxy) is 2. The van der Waals surface area contributed by atoms with E-state index in [1.807, 2.05) is 54.6 Å². The van der Waals surface area contributed by atoms with Gasteiger partial charge < -0.3 is 14.6 Å². The summed E-state index contributed by atoms with van der Waals surface area (Å²) in [5, 5.41) is 18.4. The van der Waals surface area contributed by atoms with E-state index >= 15 is 0 Å². The topological polar surface area (TPSA) is 79.5 Å². The van der Waals surface area contributed by atoms with Gasteiger partial charge in [0, 0.05) is 0 Å². The summed E-state index contributed by atoms with van der Waals surface area (Å²) in [5.41, 5.74) is 2.39. The van der Waals surface area contributed by atoms with Crippen LogP contribution in [0.2, 0.25) is 0 Å². The van der Waals surface area contributed by atoms with Crippen molar-refractivity contribution in [3.05, 3.63) is 83.9 Å². The Balaban J connectivity index is 1.48. The first-order chi connectivity index (χ1) is 14.6. The van der Waals surface area contributed by atoms with E-state index in [-0.39, 0.29) is 0 Å². The molecule has 4 rings (SSSR count). The van der Waals surface area contributed by atoms with Crippen molar-refractivity contribution in [3.63, 3.8) is 0 Å². The van der Waals surface area contributed by atoms with Crippen LogP contribution in [0, 0.1) is 11.3 Å². The summed E-state index contributed by atoms with van der Waals surface area (Å²) >= 11 is 0. The molecule has 1 aliphatic carbocycles. The monoisotopic (exact) mass is 399 g/mol. The molecule has 0 heterocycles. The van der Waals surface area contributed by atoms with Crippen molar-refractivity contribution < 1.29 is 19.4 Å². The summed E-state index contributed by atoms with van der Waals surface area (Å²) in [6.07, 6.45) is 1.93. The number of benzene rings is 3. The summed E-state index contributed by atoms with van der Waals surface area (Å²) < 4.78 is 11.8. The Labute approximate surface area is 175 Å². The highest BCUT2D eigenvalue weighted by Gasteiger charge is 2.47. The zero-order valence-electron chi connectivity index (χ0n) is 16.4. The predicted molar refractivity (Wildman–Crippen MR) is 112 cm³/mol. The Bertz CT molecular complexity index is 1090. The molecule has 5 heteroatoms. The second kappa shape index (κ2) is 8.30. The Kier molecular flexibility index (Phi) is 5.40. The maximum atomic E-state index is 11.6. The van der Waals surface area contributed by atoms with Crippen LogP contribution in [0.5, 0.6) is 11.5 Å². The number of carboxylic acid groups (broad SMARTS) is 1. The zero-order valence-corrected chi connectivity index (χ0v) is 16.4. The van der Waals surface area contributed by atoms with Crippen LogP contribution in [0.1, 0.15) is 30.4 Å². The minimum Gasteiger partial charge on any atom is -0.489 e. The molecule has 3 aromatic rings. The van der Waals surface area contributed by atoms with E-state index < -0.39 is 11.6 Å². The van der Waals surface area contributed by atoms with E-state index in [0.29, 0.717) is 30.8 Å². The summed E-state index contributed by atoms with van der Waals surface area (Å²) in [6, 6.07) is 24.6. The molecule has 0 unspecified atom stereocenters. The maximum absolute atomic E-state index is 11.6. The maximum Gasteiger partial charge on any atom is 0.348 e. The van der Waals surface area contributed by atoms with Gasteiger partial charge in [0.25, 0.3) is 0 Å².